The molecule has 0 amide bonds. The Morgan fingerprint density at radius 1 is 1.00 bits per heavy atom. The molecule has 9 heteroatoms. The van der Waals surface area contributed by atoms with E-state index in [1.165, 1.54) is 0 Å². The topological polar surface area (TPSA) is 77.8 Å². The van der Waals surface area contributed by atoms with Gasteiger partial charge in [0.05, 0.1) is 25.4 Å². The maximum Gasteiger partial charge on any atom is 0.231 e. The normalized spacial score (nSPS) is 16.8. The second-order valence-electron chi connectivity index (χ2n) is 9.22. The summed E-state index contributed by atoms with van der Waals surface area (Å²) in [6.07, 6.45) is 0.996. The third kappa shape index (κ3) is 4.65. The fourth-order valence-electron chi connectivity index (χ4n) is 4.80. The summed E-state index contributed by atoms with van der Waals surface area (Å²) in [7, 11) is 1.73. The molecule has 2 aliphatic heterocycles. The minimum Gasteiger partial charge on any atom is -0.495 e. The van der Waals surface area contributed by atoms with Crippen molar-refractivity contribution in [3.05, 3.63) is 53.9 Å². The Labute approximate surface area is 200 Å². The van der Waals surface area contributed by atoms with Gasteiger partial charge in [0, 0.05) is 26.2 Å². The van der Waals surface area contributed by atoms with Gasteiger partial charge in [0.2, 0.25) is 6.79 Å². The molecule has 1 saturated heterocycles. The van der Waals surface area contributed by atoms with E-state index < -0.39 is 0 Å². The number of fused-ring (bicyclic) bond motifs is 1. The van der Waals surface area contributed by atoms with Crippen LogP contribution in [0.15, 0.2) is 42.5 Å². The first-order valence-corrected chi connectivity index (χ1v) is 11.9. The number of anilines is 1. The third-order valence-corrected chi connectivity index (χ3v) is 6.50. The van der Waals surface area contributed by atoms with Crippen LogP contribution in [-0.2, 0) is 6.54 Å². The van der Waals surface area contributed by atoms with Crippen LogP contribution in [-0.4, -0.2) is 65.2 Å². The number of hydrogen-bond donors (Lipinski definition) is 0. The van der Waals surface area contributed by atoms with Crippen molar-refractivity contribution in [3.8, 4) is 17.2 Å². The van der Waals surface area contributed by atoms with E-state index in [1.54, 1.807) is 7.11 Å². The SMILES string of the molecule is COc1ccccc1N1CCN([C@@H](CC(C)C)c2nnnn2Cc2ccc3c(c2)OCO3)CC1. The average molecular weight is 465 g/mol. The molecule has 3 aromatic rings. The quantitative estimate of drug-likeness (QED) is 0.502. The van der Waals surface area contributed by atoms with Gasteiger partial charge in [0.25, 0.3) is 0 Å². The maximum atomic E-state index is 5.58. The minimum absolute atomic E-state index is 0.156. The number of rotatable bonds is 8. The highest BCUT2D eigenvalue weighted by molar-refractivity contribution is 5.58. The van der Waals surface area contributed by atoms with E-state index in [4.69, 9.17) is 14.2 Å². The molecule has 34 heavy (non-hydrogen) atoms. The summed E-state index contributed by atoms with van der Waals surface area (Å²) in [5.74, 6) is 3.91. The van der Waals surface area contributed by atoms with Crippen molar-refractivity contribution in [3.63, 3.8) is 0 Å². The molecule has 2 aromatic carbocycles. The van der Waals surface area contributed by atoms with Gasteiger partial charge in [-0.05, 0) is 52.6 Å². The van der Waals surface area contributed by atoms with Gasteiger partial charge >= 0.3 is 0 Å². The van der Waals surface area contributed by atoms with Crippen molar-refractivity contribution in [2.75, 3.05) is 45.0 Å². The van der Waals surface area contributed by atoms with Crippen molar-refractivity contribution in [2.45, 2.75) is 32.9 Å². The monoisotopic (exact) mass is 464 g/mol. The number of tetrazole rings is 1. The van der Waals surface area contributed by atoms with Crippen molar-refractivity contribution >= 4 is 5.69 Å². The fourth-order valence-corrected chi connectivity index (χ4v) is 4.80. The zero-order valence-electron chi connectivity index (χ0n) is 20.1. The van der Waals surface area contributed by atoms with Gasteiger partial charge in [-0.3, -0.25) is 4.90 Å². The summed E-state index contributed by atoms with van der Waals surface area (Å²) in [4.78, 5) is 4.92. The molecular weight excluding hydrogens is 432 g/mol. The Morgan fingerprint density at radius 3 is 2.59 bits per heavy atom. The molecule has 2 aliphatic rings. The second kappa shape index (κ2) is 9.89. The first kappa shape index (κ1) is 22.5. The van der Waals surface area contributed by atoms with E-state index >= 15 is 0 Å². The molecule has 9 nitrogen and oxygen atoms in total. The van der Waals surface area contributed by atoms with Crippen molar-refractivity contribution < 1.29 is 14.2 Å². The molecule has 1 atom stereocenters. The molecule has 5 rings (SSSR count). The molecule has 3 heterocycles. The number of hydrogen-bond acceptors (Lipinski definition) is 8. The highest BCUT2D eigenvalue weighted by Crippen LogP contribution is 2.34. The van der Waals surface area contributed by atoms with E-state index in [0.29, 0.717) is 12.5 Å². The summed E-state index contributed by atoms with van der Waals surface area (Å²) in [5.41, 5.74) is 2.24. The standard InChI is InChI=1S/C25H32N6O3/c1-18(2)14-21(30-12-10-29(11-13-30)20-6-4-5-7-22(20)32-3)25-26-27-28-31(25)16-19-8-9-23-24(15-19)34-17-33-23/h4-9,15,18,21H,10-14,16-17H2,1-3H3/t21-/m0/s1. The average Bonchev–Trinajstić information content (AvgIpc) is 3.52. The summed E-state index contributed by atoms with van der Waals surface area (Å²) >= 11 is 0. The zero-order valence-corrected chi connectivity index (χ0v) is 20.1. The lowest BCUT2D eigenvalue weighted by molar-refractivity contribution is 0.153. The number of para-hydroxylation sites is 2. The summed E-state index contributed by atoms with van der Waals surface area (Å²) < 4.78 is 18.5. The van der Waals surface area contributed by atoms with Gasteiger partial charge in [0.1, 0.15) is 5.75 Å². The van der Waals surface area contributed by atoms with E-state index in [1.807, 2.05) is 35.0 Å². The molecule has 0 radical (unpaired) electrons. The van der Waals surface area contributed by atoms with E-state index in [-0.39, 0.29) is 12.8 Å². The summed E-state index contributed by atoms with van der Waals surface area (Å²) in [6, 6.07) is 14.4. The Balaban J connectivity index is 1.33. The van der Waals surface area contributed by atoms with Crippen LogP contribution in [0, 0.1) is 5.92 Å². The molecule has 1 fully saturated rings. The van der Waals surface area contributed by atoms with Crippen LogP contribution in [0.25, 0.3) is 0 Å². The number of nitrogens with zero attached hydrogens (tertiary/aromatic N) is 6. The van der Waals surface area contributed by atoms with Crippen LogP contribution in [0.3, 0.4) is 0 Å². The van der Waals surface area contributed by atoms with Gasteiger partial charge in [-0.2, -0.15) is 0 Å². The van der Waals surface area contributed by atoms with E-state index in [0.717, 1.165) is 66.9 Å². The first-order valence-electron chi connectivity index (χ1n) is 11.9. The van der Waals surface area contributed by atoms with Crippen LogP contribution in [0.1, 0.15) is 37.7 Å². The molecule has 1 aromatic heterocycles. The largest absolute Gasteiger partial charge is 0.495 e. The van der Waals surface area contributed by atoms with Gasteiger partial charge < -0.3 is 19.1 Å². The van der Waals surface area contributed by atoms with Crippen molar-refractivity contribution in [2.24, 2.45) is 5.92 Å². The van der Waals surface area contributed by atoms with Gasteiger partial charge in [-0.15, -0.1) is 5.10 Å². The molecular formula is C25H32N6O3. The van der Waals surface area contributed by atoms with Crippen molar-refractivity contribution in [1.82, 2.24) is 25.1 Å². The minimum atomic E-state index is 0.156. The molecule has 0 spiro atoms. The lowest BCUT2D eigenvalue weighted by atomic mass is 10.0. The van der Waals surface area contributed by atoms with Crippen molar-refractivity contribution in [1.29, 1.82) is 0 Å². The fraction of sp³-hybridized carbons (Fsp3) is 0.480. The summed E-state index contributed by atoms with van der Waals surface area (Å²) in [6.45, 7) is 9.10. The van der Waals surface area contributed by atoms with Gasteiger partial charge in [-0.1, -0.05) is 32.0 Å². The Morgan fingerprint density at radius 2 is 1.79 bits per heavy atom. The molecule has 180 valence electrons. The number of aromatic nitrogens is 4. The Kier molecular flexibility index (Phi) is 6.53. The zero-order chi connectivity index (χ0) is 23.5. The summed E-state index contributed by atoms with van der Waals surface area (Å²) in [5, 5.41) is 12.9. The van der Waals surface area contributed by atoms with Gasteiger partial charge in [0.15, 0.2) is 17.3 Å². The van der Waals surface area contributed by atoms with Gasteiger partial charge in [-0.25, -0.2) is 4.68 Å². The Bertz CT molecular complexity index is 1110. The van der Waals surface area contributed by atoms with Crippen LogP contribution in [0.5, 0.6) is 17.2 Å². The number of piperazine rings is 1. The maximum absolute atomic E-state index is 5.58. The molecule has 0 unspecified atom stereocenters. The second-order valence-corrected chi connectivity index (χ2v) is 9.22. The van der Waals surface area contributed by atoms with Crippen LogP contribution in [0.4, 0.5) is 5.69 Å². The van der Waals surface area contributed by atoms with Crippen LogP contribution >= 0.6 is 0 Å². The molecule has 0 aliphatic carbocycles. The number of methoxy groups -OCH3 is 1. The lowest BCUT2D eigenvalue weighted by Crippen LogP contribution is -2.48. The van der Waals surface area contributed by atoms with Crippen LogP contribution in [0.2, 0.25) is 0 Å². The predicted molar refractivity (Wildman–Crippen MR) is 128 cm³/mol. The predicted octanol–water partition coefficient (Wildman–Crippen LogP) is 3.37. The molecule has 0 N–H and O–H groups in total. The molecule has 0 bridgehead atoms. The number of ether oxygens (including phenoxy) is 3. The van der Waals surface area contributed by atoms with E-state index in [9.17, 15) is 0 Å². The molecule has 0 saturated carbocycles. The highest BCUT2D eigenvalue weighted by atomic mass is 16.7. The smallest absolute Gasteiger partial charge is 0.231 e. The number of benzene rings is 2. The van der Waals surface area contributed by atoms with E-state index in [2.05, 4.69) is 51.3 Å². The Hall–Kier alpha value is -3.33. The third-order valence-electron chi connectivity index (χ3n) is 6.50. The highest BCUT2D eigenvalue weighted by Gasteiger charge is 2.30. The lowest BCUT2D eigenvalue weighted by Gasteiger charge is -2.40. The first-order chi connectivity index (χ1) is 16.6. The van der Waals surface area contributed by atoms with Crippen LogP contribution < -0.4 is 19.1 Å².